The van der Waals surface area contributed by atoms with Crippen LogP contribution in [0.1, 0.15) is 34.8 Å². The first-order valence-corrected chi connectivity index (χ1v) is 10.0. The average molecular weight is 398 g/mol. The number of aromatic nitrogens is 1. The first-order chi connectivity index (χ1) is 13.7. The van der Waals surface area contributed by atoms with Crippen molar-refractivity contribution in [2.45, 2.75) is 18.9 Å². The Morgan fingerprint density at radius 3 is 2.86 bits per heavy atom. The minimum atomic E-state index is -0.132. The van der Waals surface area contributed by atoms with Crippen LogP contribution in [-0.2, 0) is 0 Å². The molecular formula is C21H24ClN5O. The number of hydrogen-bond acceptors (Lipinski definition) is 6. The third kappa shape index (κ3) is 3.63. The lowest BCUT2D eigenvalue weighted by atomic mass is 9.83. The van der Waals surface area contributed by atoms with E-state index in [2.05, 4.69) is 20.9 Å². The van der Waals surface area contributed by atoms with Crippen LogP contribution in [0.15, 0.2) is 42.2 Å². The van der Waals surface area contributed by atoms with Crippen molar-refractivity contribution in [3.8, 4) is 11.3 Å². The summed E-state index contributed by atoms with van der Waals surface area (Å²) >= 11 is 6.19. The first-order valence-electron chi connectivity index (χ1n) is 9.65. The molecule has 146 valence electrons. The van der Waals surface area contributed by atoms with E-state index >= 15 is 0 Å². The highest BCUT2D eigenvalue weighted by molar-refractivity contribution is 6.31. The van der Waals surface area contributed by atoms with Crippen LogP contribution >= 0.6 is 11.6 Å². The highest BCUT2D eigenvalue weighted by atomic mass is 35.5. The topological polar surface area (TPSA) is 92.1 Å². The molecule has 0 saturated carbocycles. The van der Waals surface area contributed by atoms with Gasteiger partial charge in [0.25, 0.3) is 0 Å². The van der Waals surface area contributed by atoms with E-state index in [0.29, 0.717) is 17.1 Å². The number of nitrogens with one attached hydrogen (secondary N) is 3. The van der Waals surface area contributed by atoms with Crippen molar-refractivity contribution in [3.63, 3.8) is 0 Å². The van der Waals surface area contributed by atoms with Gasteiger partial charge in [0.2, 0.25) is 0 Å². The molecule has 0 bridgehead atoms. The van der Waals surface area contributed by atoms with Crippen LogP contribution in [0.4, 0.5) is 5.69 Å². The van der Waals surface area contributed by atoms with Gasteiger partial charge in [0.1, 0.15) is 0 Å². The van der Waals surface area contributed by atoms with Gasteiger partial charge in [-0.2, -0.15) is 0 Å². The number of carbonyl (C=O) groups is 1. The molecule has 2 aromatic rings. The Labute approximate surface area is 169 Å². The molecule has 1 aromatic carbocycles. The number of benzene rings is 1. The van der Waals surface area contributed by atoms with Crippen molar-refractivity contribution < 1.29 is 4.79 Å². The van der Waals surface area contributed by atoms with Gasteiger partial charge in [-0.05, 0) is 56.7 Å². The molecule has 1 atom stereocenters. The van der Waals surface area contributed by atoms with Crippen LogP contribution in [0.25, 0.3) is 11.3 Å². The number of carbonyl (C=O) groups excluding carboxylic acids is 1. The normalized spacial score (nSPS) is 16.7. The molecular weight excluding hydrogens is 374 g/mol. The molecule has 7 heteroatoms. The first kappa shape index (κ1) is 18.9. The van der Waals surface area contributed by atoms with E-state index < -0.39 is 0 Å². The summed E-state index contributed by atoms with van der Waals surface area (Å²) in [7, 11) is 0. The monoisotopic (exact) mass is 397 g/mol. The van der Waals surface area contributed by atoms with Crippen LogP contribution < -0.4 is 21.7 Å². The Morgan fingerprint density at radius 2 is 2.00 bits per heavy atom. The Hall–Kier alpha value is -2.41. The highest BCUT2D eigenvalue weighted by Gasteiger charge is 2.35. The number of ketones is 1. The zero-order valence-corrected chi connectivity index (χ0v) is 16.4. The summed E-state index contributed by atoms with van der Waals surface area (Å²) in [5.74, 6) is 0.0117. The maximum absolute atomic E-state index is 12.7. The quantitative estimate of drug-likeness (QED) is 0.512. The third-order valence-electron chi connectivity index (χ3n) is 5.10. The molecule has 6 nitrogen and oxygen atoms in total. The van der Waals surface area contributed by atoms with Crippen LogP contribution in [0, 0.1) is 0 Å². The predicted octanol–water partition coefficient (Wildman–Crippen LogP) is 2.87. The third-order valence-corrected chi connectivity index (χ3v) is 5.33. The number of fused-ring (bicyclic) bond motifs is 2. The van der Waals surface area contributed by atoms with Gasteiger partial charge < -0.3 is 21.7 Å². The smallest absolute Gasteiger partial charge is 0.188 e. The summed E-state index contributed by atoms with van der Waals surface area (Å²) in [5, 5.41) is 11.0. The number of hydrogen-bond donors (Lipinski definition) is 4. The van der Waals surface area contributed by atoms with E-state index in [4.69, 9.17) is 17.3 Å². The Bertz CT molecular complexity index is 927. The van der Waals surface area contributed by atoms with Gasteiger partial charge in [0, 0.05) is 51.9 Å². The van der Waals surface area contributed by atoms with Gasteiger partial charge in [-0.1, -0.05) is 11.6 Å². The molecule has 0 spiro atoms. The molecule has 0 amide bonds. The van der Waals surface area contributed by atoms with E-state index in [1.807, 2.05) is 18.2 Å². The van der Waals surface area contributed by atoms with Gasteiger partial charge in [-0.3, -0.25) is 9.78 Å². The summed E-state index contributed by atoms with van der Waals surface area (Å²) in [6.07, 6.45) is 5.33. The van der Waals surface area contributed by atoms with E-state index in [0.717, 1.165) is 60.7 Å². The molecule has 28 heavy (non-hydrogen) atoms. The van der Waals surface area contributed by atoms with Gasteiger partial charge in [0.15, 0.2) is 5.78 Å². The number of allylic oxidation sites excluding steroid dienone is 1. The minimum absolute atomic E-state index is 0.0117. The van der Waals surface area contributed by atoms with E-state index in [1.165, 1.54) is 0 Å². The highest BCUT2D eigenvalue weighted by Crippen LogP contribution is 2.45. The maximum atomic E-state index is 12.7. The summed E-state index contributed by atoms with van der Waals surface area (Å²) < 4.78 is 0. The molecule has 1 unspecified atom stereocenters. The number of rotatable bonds is 8. The average Bonchev–Trinajstić information content (AvgIpc) is 2.70. The summed E-state index contributed by atoms with van der Waals surface area (Å²) in [4.78, 5) is 17.3. The molecule has 2 heterocycles. The fourth-order valence-electron chi connectivity index (χ4n) is 3.75. The van der Waals surface area contributed by atoms with Crippen LogP contribution in [-0.4, -0.2) is 36.9 Å². The Kier molecular flexibility index (Phi) is 5.62. The molecule has 2 aliphatic rings. The van der Waals surface area contributed by atoms with Crippen LogP contribution in [0.3, 0.4) is 0 Å². The number of anilines is 1. The molecule has 1 aliphatic carbocycles. The van der Waals surface area contributed by atoms with Crippen molar-refractivity contribution in [1.82, 2.24) is 15.6 Å². The molecule has 1 aliphatic heterocycles. The standard InChI is InChI=1S/C21H24ClN5O/c22-13-3-4-14-16(11-13)27-21-17(25-9-2-8-24-7-1-6-23)12-18(28)15-5-10-26-20(14)19(15)21/h3-5,10-12,21,24-25,27H,1-2,6-9,23H2. The minimum Gasteiger partial charge on any atom is -0.386 e. The fourth-order valence-corrected chi connectivity index (χ4v) is 3.92. The van der Waals surface area contributed by atoms with Gasteiger partial charge in [0.05, 0.1) is 11.7 Å². The number of halogens is 1. The second-order valence-electron chi connectivity index (χ2n) is 7.02. The SMILES string of the molecule is NCCCNCCCNC1=CC(=O)c2ccnc3c2C1Nc1cc(Cl)ccc1-3. The largest absolute Gasteiger partial charge is 0.386 e. The zero-order valence-electron chi connectivity index (χ0n) is 15.6. The van der Waals surface area contributed by atoms with Crippen molar-refractivity contribution in [1.29, 1.82) is 0 Å². The number of pyridine rings is 1. The van der Waals surface area contributed by atoms with E-state index in [-0.39, 0.29) is 11.8 Å². The Balaban J connectivity index is 1.54. The second-order valence-corrected chi connectivity index (χ2v) is 7.46. The number of nitrogens with two attached hydrogens (primary N) is 1. The second kappa shape index (κ2) is 8.31. The molecule has 0 saturated heterocycles. The molecule has 0 radical (unpaired) electrons. The summed E-state index contributed by atoms with van der Waals surface area (Å²) in [5.41, 5.74) is 10.8. The lowest BCUT2D eigenvalue weighted by Gasteiger charge is -2.34. The molecule has 0 fully saturated rings. The fraction of sp³-hybridized carbons (Fsp3) is 0.333. The lowest BCUT2D eigenvalue weighted by Crippen LogP contribution is -2.33. The summed E-state index contributed by atoms with van der Waals surface area (Å²) in [6, 6.07) is 7.37. The van der Waals surface area contributed by atoms with Crippen LogP contribution in [0.2, 0.25) is 5.02 Å². The molecule has 5 N–H and O–H groups in total. The molecule has 1 aromatic heterocycles. The Morgan fingerprint density at radius 1 is 1.14 bits per heavy atom. The molecule has 4 rings (SSSR count). The number of nitrogens with zero attached hydrogens (tertiary/aromatic N) is 1. The van der Waals surface area contributed by atoms with Gasteiger partial charge in [-0.25, -0.2) is 0 Å². The van der Waals surface area contributed by atoms with Gasteiger partial charge in [-0.15, -0.1) is 0 Å². The van der Waals surface area contributed by atoms with E-state index in [1.54, 1.807) is 18.3 Å². The lowest BCUT2D eigenvalue weighted by molar-refractivity contribution is 0.104. The van der Waals surface area contributed by atoms with Crippen molar-refractivity contribution in [2.75, 3.05) is 31.5 Å². The van der Waals surface area contributed by atoms with Crippen molar-refractivity contribution >= 4 is 23.1 Å². The zero-order chi connectivity index (χ0) is 19.5. The predicted molar refractivity (Wildman–Crippen MR) is 113 cm³/mol. The maximum Gasteiger partial charge on any atom is 0.188 e. The van der Waals surface area contributed by atoms with E-state index in [9.17, 15) is 4.79 Å². The van der Waals surface area contributed by atoms with Gasteiger partial charge >= 0.3 is 0 Å². The summed E-state index contributed by atoms with van der Waals surface area (Å²) in [6.45, 7) is 3.32. The van der Waals surface area contributed by atoms with Crippen LogP contribution in [0.5, 0.6) is 0 Å². The van der Waals surface area contributed by atoms with Crippen molar-refractivity contribution in [3.05, 3.63) is 58.4 Å². The van der Waals surface area contributed by atoms with Crippen molar-refractivity contribution in [2.24, 2.45) is 5.73 Å².